The van der Waals surface area contributed by atoms with E-state index in [0.717, 1.165) is 71.9 Å². The van der Waals surface area contributed by atoms with E-state index in [4.69, 9.17) is 7.16 Å². The van der Waals surface area contributed by atoms with Crippen molar-refractivity contribution < 1.29 is 27.3 Å². The standard InChI is InChI=1S/C29H18NO.C18H24NSi.Ir/c1-3-8-20(9-4-1)22-14-15-24-25-12-7-13-26(29(25)31-28(24)19-22)27-18-23(16-17-30-27)21-10-5-2-6-11-21;1-14(2)11-16-12-17(15-9-7-6-8-10-15)19-13-18(16)20(3,4)5;/h1-12,14-19H;6-9,12-14H,11H2,1-5H3;/q2*-1;/i;11D2;. The van der Waals surface area contributed by atoms with Crippen LogP contribution in [-0.2, 0) is 26.5 Å². The van der Waals surface area contributed by atoms with Gasteiger partial charge < -0.3 is 14.4 Å². The minimum atomic E-state index is -1.67. The Kier molecular flexibility index (Phi) is 10.6. The van der Waals surface area contributed by atoms with E-state index in [1.165, 1.54) is 5.56 Å². The van der Waals surface area contributed by atoms with Crippen LogP contribution in [0, 0.1) is 18.1 Å². The summed E-state index contributed by atoms with van der Waals surface area (Å²) in [5, 5.41) is 3.28. The van der Waals surface area contributed by atoms with Gasteiger partial charge in [0.15, 0.2) is 0 Å². The average molecular weight is 873 g/mol. The quantitative estimate of drug-likeness (QED) is 0.118. The average Bonchev–Trinajstić information content (AvgIpc) is 3.57. The molecule has 52 heavy (non-hydrogen) atoms. The van der Waals surface area contributed by atoms with E-state index < -0.39 is 14.4 Å². The maximum atomic E-state index is 8.55. The largest absolute Gasteiger partial charge is 0.501 e. The van der Waals surface area contributed by atoms with Gasteiger partial charge in [-0.05, 0) is 63.3 Å². The molecule has 0 spiro atoms. The topological polar surface area (TPSA) is 38.9 Å². The zero-order chi connectivity index (χ0) is 37.2. The van der Waals surface area contributed by atoms with E-state index in [1.807, 2.05) is 93.0 Å². The Morgan fingerprint density at radius 2 is 1.37 bits per heavy atom. The molecule has 0 N–H and O–H groups in total. The third-order valence-corrected chi connectivity index (χ3v) is 10.8. The third-order valence-electron chi connectivity index (χ3n) is 8.80. The Morgan fingerprint density at radius 3 is 2.02 bits per heavy atom. The van der Waals surface area contributed by atoms with Crippen molar-refractivity contribution in [1.82, 2.24) is 9.97 Å². The summed E-state index contributed by atoms with van der Waals surface area (Å²) in [5.74, 6) is -0.0856. The van der Waals surface area contributed by atoms with Gasteiger partial charge in [0.1, 0.15) is 5.58 Å². The van der Waals surface area contributed by atoms with Crippen molar-refractivity contribution in [3.63, 3.8) is 0 Å². The summed E-state index contributed by atoms with van der Waals surface area (Å²) in [7, 11) is -1.67. The summed E-state index contributed by atoms with van der Waals surface area (Å²) >= 11 is 0. The second-order valence-electron chi connectivity index (χ2n) is 14.0. The fourth-order valence-electron chi connectivity index (χ4n) is 6.30. The molecule has 0 unspecified atom stereocenters. The molecule has 1 radical (unpaired) electrons. The van der Waals surface area contributed by atoms with E-state index in [0.29, 0.717) is 0 Å². The normalized spacial score (nSPS) is 12.1. The maximum Gasteiger partial charge on any atom is 0.121 e. The van der Waals surface area contributed by atoms with Gasteiger partial charge in [0.05, 0.1) is 13.7 Å². The van der Waals surface area contributed by atoms with Gasteiger partial charge >= 0.3 is 0 Å². The first-order valence-electron chi connectivity index (χ1n) is 18.4. The van der Waals surface area contributed by atoms with Gasteiger partial charge in [0.2, 0.25) is 0 Å². The summed E-state index contributed by atoms with van der Waals surface area (Å²) in [4.78, 5) is 9.22. The van der Waals surface area contributed by atoms with E-state index >= 15 is 0 Å². The van der Waals surface area contributed by atoms with Gasteiger partial charge in [-0.25, -0.2) is 0 Å². The first kappa shape index (κ1) is 34.2. The van der Waals surface area contributed by atoms with Crippen LogP contribution >= 0.6 is 0 Å². The van der Waals surface area contributed by atoms with Crippen molar-refractivity contribution in [2.24, 2.45) is 5.92 Å². The molecule has 8 aromatic rings. The van der Waals surface area contributed by atoms with E-state index in [1.54, 1.807) is 0 Å². The summed E-state index contributed by atoms with van der Waals surface area (Å²) in [5.41, 5.74) is 10.5. The molecule has 0 bridgehead atoms. The number of rotatable bonds is 7. The van der Waals surface area contributed by atoms with Crippen LogP contribution in [0.15, 0.2) is 150 Å². The van der Waals surface area contributed by atoms with Crippen molar-refractivity contribution in [1.29, 1.82) is 0 Å². The Bertz CT molecular complexity index is 2500. The van der Waals surface area contributed by atoms with Crippen LogP contribution in [0.5, 0.6) is 0 Å². The molecule has 0 aliphatic rings. The first-order valence-corrected chi connectivity index (χ1v) is 20.9. The molecule has 3 nitrogen and oxygen atoms in total. The minimum Gasteiger partial charge on any atom is -0.501 e. The van der Waals surface area contributed by atoms with Gasteiger partial charge in [-0.3, -0.25) is 0 Å². The first-order chi connectivity index (χ1) is 25.5. The Hall–Kier alpha value is -4.93. The zero-order valence-corrected chi connectivity index (χ0v) is 33.5. The fraction of sp³-hybridized carbons (Fsp3) is 0.149. The molecule has 8 rings (SSSR count). The van der Waals surface area contributed by atoms with Crippen molar-refractivity contribution in [3.05, 3.63) is 164 Å². The van der Waals surface area contributed by atoms with Gasteiger partial charge in [0.25, 0.3) is 0 Å². The van der Waals surface area contributed by atoms with Crippen molar-refractivity contribution >= 4 is 35.2 Å². The number of aromatic nitrogens is 2. The molecule has 0 saturated heterocycles. The molecule has 0 aliphatic carbocycles. The summed E-state index contributed by atoms with van der Waals surface area (Å²) < 4.78 is 23.5. The minimum absolute atomic E-state index is 0. The molecule has 0 saturated carbocycles. The van der Waals surface area contributed by atoms with Crippen LogP contribution in [0.2, 0.25) is 19.6 Å². The predicted molar refractivity (Wildman–Crippen MR) is 217 cm³/mol. The zero-order valence-electron chi connectivity index (χ0n) is 32.1. The second kappa shape index (κ2) is 16.2. The van der Waals surface area contributed by atoms with Crippen molar-refractivity contribution in [3.8, 4) is 44.8 Å². The molecular formula is C47H42IrN2OSi-2. The fourth-order valence-corrected chi connectivity index (χ4v) is 7.71. The summed E-state index contributed by atoms with van der Waals surface area (Å²) in [6, 6.07) is 51.4. The smallest absolute Gasteiger partial charge is 0.121 e. The molecule has 0 aliphatic heterocycles. The van der Waals surface area contributed by atoms with Gasteiger partial charge in [-0.2, -0.15) is 0 Å². The van der Waals surface area contributed by atoms with Gasteiger partial charge in [0, 0.05) is 40.6 Å². The van der Waals surface area contributed by atoms with Crippen molar-refractivity contribution in [2.75, 3.05) is 0 Å². The van der Waals surface area contributed by atoms with E-state index in [9.17, 15) is 0 Å². The Labute approximate surface area is 325 Å². The number of hydrogen-bond donors (Lipinski definition) is 0. The van der Waals surface area contributed by atoms with E-state index in [2.05, 4.69) is 108 Å². The molecule has 5 heteroatoms. The van der Waals surface area contributed by atoms with Gasteiger partial charge in [-0.15, -0.1) is 54.1 Å². The molecule has 3 aromatic heterocycles. The van der Waals surface area contributed by atoms with Crippen LogP contribution in [0.25, 0.3) is 66.7 Å². The van der Waals surface area contributed by atoms with Crippen LogP contribution < -0.4 is 5.19 Å². The van der Waals surface area contributed by atoms with Crippen molar-refractivity contribution in [2.45, 2.75) is 39.9 Å². The molecular weight excluding hydrogens is 829 g/mol. The monoisotopic (exact) mass is 873 g/mol. The maximum absolute atomic E-state index is 8.55. The molecule has 3 heterocycles. The Morgan fingerprint density at radius 1 is 0.673 bits per heavy atom. The molecule has 261 valence electrons. The molecule has 0 fully saturated rings. The number of hydrogen-bond acceptors (Lipinski definition) is 3. The molecule has 0 amide bonds. The van der Waals surface area contributed by atoms with Gasteiger partial charge in [-0.1, -0.05) is 135 Å². The molecule has 5 aromatic carbocycles. The Balaban J connectivity index is 0.000000193. The summed E-state index contributed by atoms with van der Waals surface area (Å²) in [6.45, 7) is 10.6. The number of nitrogens with zero attached hydrogens (tertiary/aromatic N) is 2. The molecule has 0 atom stereocenters. The third kappa shape index (κ3) is 8.24. The van der Waals surface area contributed by atoms with Crippen LogP contribution in [0.3, 0.4) is 0 Å². The summed E-state index contributed by atoms with van der Waals surface area (Å²) in [6.07, 6.45) is 2.38. The second-order valence-corrected chi connectivity index (χ2v) is 19.0. The van der Waals surface area contributed by atoms with E-state index in [-0.39, 0.29) is 26.0 Å². The van der Waals surface area contributed by atoms with Crippen LogP contribution in [0.4, 0.5) is 0 Å². The number of benzene rings is 5. The SMILES string of the molecule is [2H]C([2H])(c1cc(-c2[c-]cccc2)ncc1[Si](C)(C)C)C(C)C.[Ir].[c-]1ccc2c(oc3cc(-c4ccccc4)ccc32)c1-c1cc(-c2ccccc2)ccn1. The predicted octanol–water partition coefficient (Wildman–Crippen LogP) is 12.1. The van der Waals surface area contributed by atoms with Crippen LogP contribution in [-0.4, -0.2) is 18.0 Å². The number of furan rings is 1. The number of fused-ring (bicyclic) bond motifs is 3. The van der Waals surface area contributed by atoms with Crippen LogP contribution in [0.1, 0.15) is 22.2 Å². The number of pyridine rings is 2.